The van der Waals surface area contributed by atoms with Crippen molar-refractivity contribution in [1.82, 2.24) is 9.97 Å². The number of aromatic nitrogens is 2. The van der Waals surface area contributed by atoms with Crippen LogP contribution in [0.3, 0.4) is 0 Å². The maximum atomic E-state index is 6.54. The summed E-state index contributed by atoms with van der Waals surface area (Å²) in [5, 5.41) is 1.04. The van der Waals surface area contributed by atoms with E-state index in [1.54, 1.807) is 0 Å². The van der Waals surface area contributed by atoms with E-state index in [0.29, 0.717) is 12.2 Å². The van der Waals surface area contributed by atoms with Crippen LogP contribution in [0.15, 0.2) is 169 Å². The second-order valence-electron chi connectivity index (χ2n) is 12.4. The van der Waals surface area contributed by atoms with Gasteiger partial charge in [0, 0.05) is 22.1 Å². The Balaban J connectivity index is 1.28. The van der Waals surface area contributed by atoms with Gasteiger partial charge in [-0.2, -0.15) is 0 Å². The van der Waals surface area contributed by atoms with Crippen LogP contribution in [0, 0.1) is 12.3 Å². The van der Waals surface area contributed by atoms with Gasteiger partial charge in [-0.1, -0.05) is 127 Å². The maximum absolute atomic E-state index is 6.54. The van der Waals surface area contributed by atoms with E-state index in [0.717, 1.165) is 55.9 Å². The van der Waals surface area contributed by atoms with E-state index in [2.05, 4.69) is 116 Å². The van der Waals surface area contributed by atoms with Gasteiger partial charge in [0.15, 0.2) is 5.82 Å². The van der Waals surface area contributed by atoms with Crippen LogP contribution in [0.4, 0.5) is 0 Å². The van der Waals surface area contributed by atoms with Gasteiger partial charge in [0.25, 0.3) is 0 Å². The van der Waals surface area contributed by atoms with Crippen molar-refractivity contribution in [3.63, 3.8) is 0 Å². The molecule has 1 spiro atoms. The predicted octanol–water partition coefficient (Wildman–Crippen LogP) is 10.7. The van der Waals surface area contributed by atoms with Gasteiger partial charge in [-0.3, -0.25) is 0 Å². The molecule has 2 aliphatic rings. The van der Waals surface area contributed by atoms with E-state index in [9.17, 15) is 0 Å². The van der Waals surface area contributed by atoms with Crippen LogP contribution < -0.4 is 4.74 Å². The van der Waals surface area contributed by atoms with Crippen molar-refractivity contribution in [3.8, 4) is 40.7 Å². The molecule has 0 saturated heterocycles. The Morgan fingerprint density at radius 1 is 0.735 bits per heavy atom. The minimum absolute atomic E-state index is 0.529. The van der Waals surface area contributed by atoms with Crippen molar-refractivity contribution in [3.05, 3.63) is 191 Å². The third-order valence-corrected chi connectivity index (χ3v) is 9.75. The van der Waals surface area contributed by atoms with E-state index in [-0.39, 0.29) is 0 Å². The lowest BCUT2D eigenvalue weighted by atomic mass is 9.64. The zero-order valence-corrected chi connectivity index (χ0v) is 27.5. The number of rotatable bonds is 6. The third kappa shape index (κ3) is 4.93. The van der Waals surface area contributed by atoms with Crippen molar-refractivity contribution in [2.24, 2.45) is 0 Å². The molecule has 3 heteroatoms. The lowest BCUT2D eigenvalue weighted by Crippen LogP contribution is -2.35. The number of hydrogen-bond donors (Lipinski definition) is 0. The van der Waals surface area contributed by atoms with Gasteiger partial charge < -0.3 is 4.74 Å². The molecule has 0 radical (unpaired) electrons. The fourth-order valence-electron chi connectivity index (χ4n) is 7.61. The molecule has 0 N–H and O–H groups in total. The van der Waals surface area contributed by atoms with Gasteiger partial charge in [0.2, 0.25) is 0 Å². The summed E-state index contributed by atoms with van der Waals surface area (Å²) in [5.74, 6) is 5.18. The van der Waals surface area contributed by atoms with Crippen molar-refractivity contribution in [1.29, 1.82) is 0 Å². The quantitative estimate of drug-likeness (QED) is 0.172. The van der Waals surface area contributed by atoms with Gasteiger partial charge in [-0.05, 0) is 84.0 Å². The highest BCUT2D eigenvalue weighted by Crippen LogP contribution is 2.60. The number of allylic oxidation sites excluding steroid dienone is 7. The zero-order valence-electron chi connectivity index (χ0n) is 27.5. The van der Waals surface area contributed by atoms with E-state index in [4.69, 9.17) is 21.1 Å². The summed E-state index contributed by atoms with van der Waals surface area (Å²) in [6.45, 7) is 4.24. The monoisotopic (exact) mass is 630 g/mol. The summed E-state index contributed by atoms with van der Waals surface area (Å²) in [6.07, 6.45) is 14.5. The Hall–Kier alpha value is -6.24. The fraction of sp³-hybridized carbons (Fsp3) is 0.0870. The molecule has 234 valence electrons. The molecular weight excluding hydrogens is 597 g/mol. The van der Waals surface area contributed by atoms with Crippen LogP contribution >= 0.6 is 0 Å². The van der Waals surface area contributed by atoms with Crippen LogP contribution in [-0.2, 0) is 11.8 Å². The Morgan fingerprint density at radius 2 is 1.45 bits per heavy atom. The second kappa shape index (κ2) is 12.4. The van der Waals surface area contributed by atoms with E-state index in [1.165, 1.54) is 22.3 Å². The summed E-state index contributed by atoms with van der Waals surface area (Å²) < 4.78 is 6.54. The molecule has 0 saturated carbocycles. The number of para-hydroxylation sites is 2. The van der Waals surface area contributed by atoms with Crippen molar-refractivity contribution >= 4 is 16.5 Å². The smallest absolute Gasteiger partial charge is 0.160 e. The summed E-state index contributed by atoms with van der Waals surface area (Å²) in [7, 11) is 0. The Bertz CT molecular complexity index is 2400. The van der Waals surface area contributed by atoms with Crippen LogP contribution in [-0.4, -0.2) is 9.97 Å². The molecule has 5 aromatic carbocycles. The largest absolute Gasteiger partial charge is 0.457 e. The lowest BCUT2D eigenvalue weighted by Gasteiger charge is -2.41. The summed E-state index contributed by atoms with van der Waals surface area (Å²) >= 11 is 0. The lowest BCUT2D eigenvalue weighted by molar-refractivity contribution is 0.396. The first-order valence-corrected chi connectivity index (χ1v) is 16.6. The zero-order chi connectivity index (χ0) is 33.4. The summed E-state index contributed by atoms with van der Waals surface area (Å²) in [6, 6.07) is 44.4. The molecule has 3 nitrogen and oxygen atoms in total. The van der Waals surface area contributed by atoms with E-state index in [1.807, 2.05) is 55.5 Å². The SMILES string of the molecule is C#C/C=C\C1=C(Cc2ccc(-c3nc(-c4ccccc4)c4ccccc4n3)cc2)C2(C(C)=C(/C=C\C)Oc3ccccc32)c2ccccc21. The summed E-state index contributed by atoms with van der Waals surface area (Å²) in [5.41, 5.74) is 11.7. The average molecular weight is 631 g/mol. The predicted molar refractivity (Wildman–Crippen MR) is 201 cm³/mol. The van der Waals surface area contributed by atoms with Crippen molar-refractivity contribution in [2.75, 3.05) is 0 Å². The highest BCUT2D eigenvalue weighted by molar-refractivity contribution is 5.94. The van der Waals surface area contributed by atoms with Crippen molar-refractivity contribution < 1.29 is 4.74 Å². The third-order valence-electron chi connectivity index (χ3n) is 9.75. The molecule has 1 aliphatic heterocycles. The van der Waals surface area contributed by atoms with Gasteiger partial charge in [-0.25, -0.2) is 9.97 Å². The number of fused-ring (bicyclic) bond motifs is 5. The molecule has 1 unspecified atom stereocenters. The molecule has 1 aliphatic carbocycles. The van der Waals surface area contributed by atoms with Crippen molar-refractivity contribution in [2.45, 2.75) is 25.7 Å². The molecule has 0 fully saturated rings. The second-order valence-corrected chi connectivity index (χ2v) is 12.4. The highest BCUT2D eigenvalue weighted by Gasteiger charge is 2.51. The number of benzene rings is 5. The molecule has 0 amide bonds. The maximum Gasteiger partial charge on any atom is 0.160 e. The van der Waals surface area contributed by atoms with Crippen LogP contribution in [0.2, 0.25) is 0 Å². The Labute approximate surface area is 287 Å². The van der Waals surface area contributed by atoms with E-state index < -0.39 is 5.41 Å². The number of nitrogens with zero attached hydrogens (tertiary/aromatic N) is 2. The highest BCUT2D eigenvalue weighted by atomic mass is 16.5. The number of terminal acetylenes is 1. The number of hydrogen-bond acceptors (Lipinski definition) is 3. The molecule has 6 aromatic rings. The summed E-state index contributed by atoms with van der Waals surface area (Å²) in [4.78, 5) is 10.1. The Morgan fingerprint density at radius 3 is 2.24 bits per heavy atom. The Kier molecular flexibility index (Phi) is 7.63. The van der Waals surface area contributed by atoms with Crippen LogP contribution in [0.1, 0.15) is 36.1 Å². The standard InChI is InChI=1S/C46H34N2O/c1-4-6-19-36-35-20-10-12-22-38(35)46(31(3)42(16-5-2)49-43-25-15-13-23-39(43)46)40(36)30-32-26-28-34(29-27-32)45-47-41-24-14-11-21-37(41)44(48-45)33-17-8-7-9-18-33/h1,5-29H,30H2,2-3H3/b16-5-,19-6-. The van der Waals surface area contributed by atoms with Crippen LogP contribution in [0.5, 0.6) is 5.75 Å². The normalized spacial score (nSPS) is 16.8. The van der Waals surface area contributed by atoms with Gasteiger partial charge in [-0.15, -0.1) is 6.42 Å². The molecule has 49 heavy (non-hydrogen) atoms. The fourth-order valence-corrected chi connectivity index (χ4v) is 7.61. The first-order valence-electron chi connectivity index (χ1n) is 16.6. The van der Waals surface area contributed by atoms with Crippen LogP contribution in [0.25, 0.3) is 39.1 Å². The molecule has 2 heterocycles. The minimum Gasteiger partial charge on any atom is -0.457 e. The van der Waals surface area contributed by atoms with Gasteiger partial charge in [0.1, 0.15) is 11.5 Å². The minimum atomic E-state index is -0.529. The molecule has 0 bridgehead atoms. The first-order chi connectivity index (χ1) is 24.1. The molecule has 1 aromatic heterocycles. The first kappa shape index (κ1) is 30.1. The molecular formula is C46H34N2O. The topological polar surface area (TPSA) is 35.0 Å². The molecule has 8 rings (SSSR count). The van der Waals surface area contributed by atoms with Gasteiger partial charge in [0.05, 0.1) is 16.6 Å². The van der Waals surface area contributed by atoms with Gasteiger partial charge >= 0.3 is 0 Å². The van der Waals surface area contributed by atoms with E-state index >= 15 is 0 Å². The molecule has 1 atom stereocenters. The average Bonchev–Trinajstić information content (AvgIpc) is 3.42. The number of ether oxygens (including phenoxy) is 1.